The smallest absolute Gasteiger partial charge is 0.409 e. The van der Waals surface area contributed by atoms with Crippen molar-refractivity contribution in [2.24, 2.45) is 17.8 Å². The van der Waals surface area contributed by atoms with Crippen molar-refractivity contribution >= 4 is 17.8 Å². The van der Waals surface area contributed by atoms with Crippen LogP contribution in [0.15, 0.2) is 48.5 Å². The highest BCUT2D eigenvalue weighted by molar-refractivity contribution is 5.89. The van der Waals surface area contributed by atoms with E-state index in [1.807, 2.05) is 24.3 Å². The summed E-state index contributed by atoms with van der Waals surface area (Å²) in [6, 6.07) is 16.3. The number of nitrogens with zero attached hydrogens (tertiary/aromatic N) is 1. The molecule has 2 aliphatic carbocycles. The first kappa shape index (κ1) is 18.9. The zero-order valence-electron chi connectivity index (χ0n) is 16.5. The van der Waals surface area contributed by atoms with Gasteiger partial charge in [0.2, 0.25) is 0 Å². The van der Waals surface area contributed by atoms with E-state index in [4.69, 9.17) is 4.74 Å². The van der Waals surface area contributed by atoms with E-state index in [9.17, 15) is 19.5 Å². The monoisotopic (exact) mass is 405 g/mol. The number of benzene rings is 2. The van der Waals surface area contributed by atoms with Gasteiger partial charge in [0.15, 0.2) is 0 Å². The number of amides is 1. The second kappa shape index (κ2) is 7.27. The Morgan fingerprint density at radius 1 is 0.933 bits per heavy atom. The van der Waals surface area contributed by atoms with Crippen molar-refractivity contribution < 1.29 is 24.2 Å². The van der Waals surface area contributed by atoms with Gasteiger partial charge in [-0.15, -0.1) is 0 Å². The Bertz CT molecular complexity index is 968. The normalized spacial score (nSPS) is 24.9. The van der Waals surface area contributed by atoms with Gasteiger partial charge in [-0.1, -0.05) is 48.5 Å². The number of carbonyl (C=O) groups is 3. The highest BCUT2D eigenvalue weighted by Crippen LogP contribution is 2.44. The minimum absolute atomic E-state index is 0.0105. The van der Waals surface area contributed by atoms with Crippen molar-refractivity contribution in [1.82, 2.24) is 4.90 Å². The average Bonchev–Trinajstić information content (AvgIpc) is 3.05. The molecule has 2 aromatic carbocycles. The zero-order valence-corrected chi connectivity index (χ0v) is 16.5. The third-order valence-corrected chi connectivity index (χ3v) is 6.77. The molecule has 2 unspecified atom stereocenters. The van der Waals surface area contributed by atoms with Crippen LogP contribution >= 0.6 is 0 Å². The molecule has 3 aliphatic rings. The summed E-state index contributed by atoms with van der Waals surface area (Å²) < 4.78 is 5.71. The molecular formula is C24H23NO5. The zero-order chi connectivity index (χ0) is 20.8. The first-order valence-corrected chi connectivity index (χ1v) is 10.4. The van der Waals surface area contributed by atoms with Crippen LogP contribution in [-0.2, 0) is 14.3 Å². The lowest BCUT2D eigenvalue weighted by atomic mass is 9.71. The lowest BCUT2D eigenvalue weighted by Crippen LogP contribution is -2.53. The van der Waals surface area contributed by atoms with E-state index in [1.54, 1.807) is 4.90 Å². The molecule has 1 amide bonds. The maximum absolute atomic E-state index is 12.8. The van der Waals surface area contributed by atoms with Crippen molar-refractivity contribution in [3.63, 3.8) is 0 Å². The summed E-state index contributed by atoms with van der Waals surface area (Å²) >= 11 is 0. The van der Waals surface area contributed by atoms with Crippen LogP contribution in [0, 0.1) is 17.8 Å². The van der Waals surface area contributed by atoms with Crippen molar-refractivity contribution in [2.45, 2.75) is 18.8 Å². The molecule has 2 atom stereocenters. The van der Waals surface area contributed by atoms with E-state index in [1.165, 1.54) is 11.1 Å². The summed E-state index contributed by atoms with van der Waals surface area (Å²) in [4.78, 5) is 38.1. The summed E-state index contributed by atoms with van der Waals surface area (Å²) in [7, 11) is 0. The number of aliphatic carboxylic acids is 1. The number of piperidine rings is 1. The Morgan fingerprint density at radius 3 is 2.00 bits per heavy atom. The quantitative estimate of drug-likeness (QED) is 0.844. The number of hydrogen-bond donors (Lipinski definition) is 1. The molecule has 154 valence electrons. The van der Waals surface area contributed by atoms with E-state index < -0.39 is 29.8 Å². The molecule has 0 aromatic heterocycles. The number of ether oxygens (including phenoxy) is 1. The van der Waals surface area contributed by atoms with Gasteiger partial charge in [-0.3, -0.25) is 9.59 Å². The average molecular weight is 405 g/mol. The maximum Gasteiger partial charge on any atom is 0.409 e. The molecule has 5 rings (SSSR count). The summed E-state index contributed by atoms with van der Waals surface area (Å²) in [5, 5.41) is 9.30. The van der Waals surface area contributed by atoms with Crippen LogP contribution in [0.1, 0.15) is 29.9 Å². The fourth-order valence-corrected chi connectivity index (χ4v) is 5.32. The lowest BCUT2D eigenvalue weighted by molar-refractivity contribution is -0.148. The van der Waals surface area contributed by atoms with Crippen LogP contribution < -0.4 is 0 Å². The van der Waals surface area contributed by atoms with Crippen molar-refractivity contribution in [1.29, 1.82) is 0 Å². The largest absolute Gasteiger partial charge is 0.481 e. The molecule has 1 N–H and O–H groups in total. The Hall–Kier alpha value is -3.15. The van der Waals surface area contributed by atoms with E-state index in [-0.39, 0.29) is 31.4 Å². The fraction of sp³-hybridized carbons (Fsp3) is 0.375. The number of hydrogen-bond acceptors (Lipinski definition) is 4. The second-order valence-corrected chi connectivity index (χ2v) is 8.51. The topological polar surface area (TPSA) is 83.9 Å². The van der Waals surface area contributed by atoms with Crippen LogP contribution in [0.4, 0.5) is 4.79 Å². The summed E-state index contributed by atoms with van der Waals surface area (Å²) in [5.41, 5.74) is 4.65. The van der Waals surface area contributed by atoms with Gasteiger partial charge in [-0.2, -0.15) is 0 Å². The molecule has 6 nitrogen and oxygen atoms in total. The molecule has 0 spiro atoms. The van der Waals surface area contributed by atoms with Gasteiger partial charge in [-0.25, -0.2) is 4.79 Å². The van der Waals surface area contributed by atoms with Gasteiger partial charge in [0.25, 0.3) is 0 Å². The van der Waals surface area contributed by atoms with Gasteiger partial charge in [0.05, 0.1) is 5.92 Å². The first-order valence-electron chi connectivity index (χ1n) is 10.4. The van der Waals surface area contributed by atoms with Crippen LogP contribution in [-0.4, -0.2) is 47.5 Å². The number of ketones is 1. The SMILES string of the molecule is O=C(O)C1CC2CN(C(=O)OCC3c4ccccc4-c4ccccc43)CC(C1)C2=O. The van der Waals surface area contributed by atoms with Crippen LogP contribution in [0.25, 0.3) is 11.1 Å². The number of carbonyl (C=O) groups excluding carboxylic acids is 2. The van der Waals surface area contributed by atoms with Crippen LogP contribution in [0.3, 0.4) is 0 Å². The minimum atomic E-state index is -0.855. The number of fused-ring (bicyclic) bond motifs is 5. The van der Waals surface area contributed by atoms with E-state index in [2.05, 4.69) is 24.3 Å². The molecule has 2 aromatic rings. The van der Waals surface area contributed by atoms with Gasteiger partial charge in [-0.05, 0) is 35.1 Å². The molecule has 6 heteroatoms. The molecule has 2 bridgehead atoms. The molecule has 1 aliphatic heterocycles. The molecule has 0 radical (unpaired) electrons. The number of Topliss-reactive ketones (excluding diaryl/α,β-unsaturated/α-hetero) is 1. The van der Waals surface area contributed by atoms with Crippen molar-refractivity contribution in [2.75, 3.05) is 19.7 Å². The Labute approximate surface area is 174 Å². The molecule has 1 saturated carbocycles. The highest BCUT2D eigenvalue weighted by Gasteiger charge is 2.45. The summed E-state index contributed by atoms with van der Waals surface area (Å²) in [5.74, 6) is -2.08. The summed E-state index contributed by atoms with van der Waals surface area (Å²) in [6.07, 6.45) is 0.184. The summed E-state index contributed by atoms with van der Waals surface area (Å²) in [6.45, 7) is 0.732. The van der Waals surface area contributed by atoms with Crippen molar-refractivity contribution in [3.05, 3.63) is 59.7 Å². The van der Waals surface area contributed by atoms with Gasteiger partial charge < -0.3 is 14.7 Å². The number of carboxylic acids is 1. The van der Waals surface area contributed by atoms with E-state index in [0.29, 0.717) is 12.8 Å². The molecular weight excluding hydrogens is 382 g/mol. The Kier molecular flexibility index (Phi) is 4.57. The number of likely N-dealkylation sites (tertiary alicyclic amines) is 1. The second-order valence-electron chi connectivity index (χ2n) is 8.51. The van der Waals surface area contributed by atoms with E-state index in [0.717, 1.165) is 11.1 Å². The molecule has 2 fully saturated rings. The molecule has 30 heavy (non-hydrogen) atoms. The number of carboxylic acid groups (broad SMARTS) is 1. The Balaban J connectivity index is 1.29. The van der Waals surface area contributed by atoms with Gasteiger partial charge >= 0.3 is 12.1 Å². The van der Waals surface area contributed by atoms with Crippen LogP contribution in [0.5, 0.6) is 0 Å². The van der Waals surface area contributed by atoms with E-state index >= 15 is 0 Å². The lowest BCUT2D eigenvalue weighted by Gasteiger charge is -2.41. The first-order chi connectivity index (χ1) is 14.5. The predicted molar refractivity (Wildman–Crippen MR) is 109 cm³/mol. The van der Waals surface area contributed by atoms with Crippen LogP contribution in [0.2, 0.25) is 0 Å². The molecule has 1 heterocycles. The van der Waals surface area contributed by atoms with Gasteiger partial charge in [0, 0.05) is 30.8 Å². The standard InChI is InChI=1S/C24H23NO5/c26-22-15-9-14(23(27)28)10-16(22)12-25(11-15)24(29)30-13-21-19-7-3-1-5-17(19)18-6-2-4-8-20(18)21/h1-8,14-16,21H,9-13H2,(H,27,28). The third kappa shape index (κ3) is 3.07. The highest BCUT2D eigenvalue weighted by atomic mass is 16.6. The fourth-order valence-electron chi connectivity index (χ4n) is 5.32. The van der Waals surface area contributed by atoms with Crippen molar-refractivity contribution in [3.8, 4) is 11.1 Å². The maximum atomic E-state index is 12.8. The minimum Gasteiger partial charge on any atom is -0.481 e. The Morgan fingerprint density at radius 2 is 1.47 bits per heavy atom. The predicted octanol–water partition coefficient (Wildman–Crippen LogP) is 3.55. The van der Waals surface area contributed by atoms with Gasteiger partial charge in [0.1, 0.15) is 12.4 Å². The number of rotatable bonds is 3. The third-order valence-electron chi connectivity index (χ3n) is 6.77. The molecule has 1 saturated heterocycles.